The molecule has 2 aromatic heterocycles. The van der Waals surface area contributed by atoms with E-state index in [2.05, 4.69) is 5.38 Å². The summed E-state index contributed by atoms with van der Waals surface area (Å²) in [7, 11) is 3.26. The standard InChI is InChI=1S/C22H20N2O3S2/c1-4-27-16-8-5-14(6-9-16)17-12-28-21(23-17)22-24-18(13-29-22)15-7-10-19(25-2)20(11-15)26-3/h5-13H,4H2,1-3H3. The summed E-state index contributed by atoms with van der Waals surface area (Å²) in [6, 6.07) is 13.8. The van der Waals surface area contributed by atoms with Crippen LogP contribution in [0, 0.1) is 0 Å². The molecule has 0 aliphatic carbocycles. The third-order valence-corrected chi connectivity index (χ3v) is 6.16. The molecular weight excluding hydrogens is 404 g/mol. The summed E-state index contributed by atoms with van der Waals surface area (Å²) in [5.74, 6) is 2.25. The van der Waals surface area contributed by atoms with Gasteiger partial charge in [0.2, 0.25) is 0 Å². The topological polar surface area (TPSA) is 53.5 Å². The molecule has 2 heterocycles. The van der Waals surface area contributed by atoms with E-state index in [0.717, 1.165) is 38.3 Å². The highest BCUT2D eigenvalue weighted by Crippen LogP contribution is 2.36. The van der Waals surface area contributed by atoms with Crippen molar-refractivity contribution in [1.82, 2.24) is 9.97 Å². The van der Waals surface area contributed by atoms with E-state index in [-0.39, 0.29) is 0 Å². The van der Waals surface area contributed by atoms with Crippen LogP contribution in [0.5, 0.6) is 17.2 Å². The summed E-state index contributed by atoms with van der Waals surface area (Å²) in [5, 5.41) is 5.90. The van der Waals surface area contributed by atoms with Crippen molar-refractivity contribution in [2.45, 2.75) is 6.92 Å². The number of rotatable bonds is 7. The van der Waals surface area contributed by atoms with Gasteiger partial charge in [-0.25, -0.2) is 9.97 Å². The molecular formula is C22H20N2O3S2. The van der Waals surface area contributed by atoms with Gasteiger partial charge in [0.05, 0.1) is 32.2 Å². The Hall–Kier alpha value is -2.90. The van der Waals surface area contributed by atoms with Crippen LogP contribution in [-0.2, 0) is 0 Å². The summed E-state index contributed by atoms with van der Waals surface area (Å²) < 4.78 is 16.2. The maximum absolute atomic E-state index is 5.50. The van der Waals surface area contributed by atoms with Gasteiger partial charge in [0.1, 0.15) is 5.75 Å². The van der Waals surface area contributed by atoms with Crippen molar-refractivity contribution in [2.75, 3.05) is 20.8 Å². The van der Waals surface area contributed by atoms with Gasteiger partial charge in [0.25, 0.3) is 0 Å². The molecule has 7 heteroatoms. The van der Waals surface area contributed by atoms with Crippen molar-refractivity contribution < 1.29 is 14.2 Å². The molecule has 0 saturated carbocycles. The second-order valence-electron chi connectivity index (χ2n) is 6.10. The van der Waals surface area contributed by atoms with Crippen molar-refractivity contribution in [3.63, 3.8) is 0 Å². The molecule has 0 spiro atoms. The zero-order valence-electron chi connectivity index (χ0n) is 16.3. The van der Waals surface area contributed by atoms with Crippen molar-refractivity contribution >= 4 is 22.7 Å². The lowest BCUT2D eigenvalue weighted by atomic mass is 10.1. The first kappa shape index (κ1) is 19.4. The first-order valence-electron chi connectivity index (χ1n) is 9.09. The van der Waals surface area contributed by atoms with Crippen LogP contribution < -0.4 is 14.2 Å². The molecule has 4 rings (SSSR count). The van der Waals surface area contributed by atoms with Gasteiger partial charge in [0, 0.05) is 21.9 Å². The van der Waals surface area contributed by atoms with E-state index in [4.69, 9.17) is 24.2 Å². The summed E-state index contributed by atoms with van der Waals surface area (Å²) >= 11 is 3.18. The van der Waals surface area contributed by atoms with Crippen molar-refractivity contribution in [3.05, 3.63) is 53.2 Å². The van der Waals surface area contributed by atoms with E-state index in [1.807, 2.05) is 54.8 Å². The minimum absolute atomic E-state index is 0.659. The SMILES string of the molecule is CCOc1ccc(-c2csc(-c3nc(-c4ccc(OC)c(OC)c4)cs3)n2)cc1. The minimum Gasteiger partial charge on any atom is -0.494 e. The van der Waals surface area contributed by atoms with E-state index < -0.39 is 0 Å². The quantitative estimate of drug-likeness (QED) is 0.363. The van der Waals surface area contributed by atoms with E-state index in [0.29, 0.717) is 18.1 Å². The zero-order chi connectivity index (χ0) is 20.2. The number of methoxy groups -OCH3 is 2. The number of nitrogens with zero attached hydrogens (tertiary/aromatic N) is 2. The first-order valence-corrected chi connectivity index (χ1v) is 10.8. The molecule has 0 saturated heterocycles. The first-order chi connectivity index (χ1) is 14.2. The van der Waals surface area contributed by atoms with Crippen LogP contribution in [0.2, 0.25) is 0 Å². The lowest BCUT2D eigenvalue weighted by molar-refractivity contribution is 0.340. The fourth-order valence-electron chi connectivity index (χ4n) is 2.89. The average Bonchev–Trinajstić information content (AvgIpc) is 3.44. The summed E-state index contributed by atoms with van der Waals surface area (Å²) in [5.41, 5.74) is 3.88. The molecule has 5 nitrogen and oxygen atoms in total. The minimum atomic E-state index is 0.659. The van der Waals surface area contributed by atoms with Crippen LogP contribution in [0.1, 0.15) is 6.92 Å². The third kappa shape index (κ3) is 4.11. The molecule has 0 unspecified atom stereocenters. The second kappa shape index (κ2) is 8.63. The molecule has 0 amide bonds. The van der Waals surface area contributed by atoms with E-state index in [1.54, 1.807) is 36.9 Å². The van der Waals surface area contributed by atoms with Gasteiger partial charge in [-0.2, -0.15) is 0 Å². The van der Waals surface area contributed by atoms with Crippen LogP contribution >= 0.6 is 22.7 Å². The predicted octanol–water partition coefficient (Wildman–Crippen LogP) is 6.02. The molecule has 2 aromatic carbocycles. The Bertz CT molecular complexity index is 1100. The van der Waals surface area contributed by atoms with Gasteiger partial charge >= 0.3 is 0 Å². The normalized spacial score (nSPS) is 10.7. The molecule has 0 fully saturated rings. The maximum atomic E-state index is 5.50. The number of ether oxygens (including phenoxy) is 3. The summed E-state index contributed by atoms with van der Waals surface area (Å²) in [6.07, 6.45) is 0. The molecule has 0 bridgehead atoms. The number of benzene rings is 2. The monoisotopic (exact) mass is 424 g/mol. The second-order valence-corrected chi connectivity index (χ2v) is 7.82. The van der Waals surface area contributed by atoms with Crippen molar-refractivity contribution in [2.24, 2.45) is 0 Å². The highest BCUT2D eigenvalue weighted by molar-refractivity contribution is 7.20. The van der Waals surface area contributed by atoms with Gasteiger partial charge in [-0.1, -0.05) is 0 Å². The molecule has 0 radical (unpaired) electrons. The molecule has 29 heavy (non-hydrogen) atoms. The van der Waals surface area contributed by atoms with Crippen LogP contribution in [0.15, 0.2) is 53.2 Å². The van der Waals surface area contributed by atoms with Gasteiger partial charge in [-0.3, -0.25) is 0 Å². The molecule has 0 aliphatic heterocycles. The van der Waals surface area contributed by atoms with E-state index in [1.165, 1.54) is 0 Å². The summed E-state index contributed by atoms with van der Waals surface area (Å²) in [4.78, 5) is 9.55. The molecule has 0 N–H and O–H groups in total. The molecule has 0 aliphatic rings. The van der Waals surface area contributed by atoms with E-state index in [9.17, 15) is 0 Å². The van der Waals surface area contributed by atoms with E-state index >= 15 is 0 Å². The van der Waals surface area contributed by atoms with Crippen LogP contribution in [-0.4, -0.2) is 30.8 Å². The Morgan fingerprint density at radius 3 is 1.93 bits per heavy atom. The zero-order valence-corrected chi connectivity index (χ0v) is 18.0. The fraction of sp³-hybridized carbons (Fsp3) is 0.182. The Kier molecular flexibility index (Phi) is 5.78. The number of hydrogen-bond acceptors (Lipinski definition) is 7. The van der Waals surface area contributed by atoms with Crippen molar-refractivity contribution in [3.8, 4) is 49.8 Å². The maximum Gasteiger partial charge on any atom is 0.161 e. The number of thiazole rings is 2. The van der Waals surface area contributed by atoms with Crippen LogP contribution in [0.25, 0.3) is 32.5 Å². The largest absolute Gasteiger partial charge is 0.494 e. The Morgan fingerprint density at radius 2 is 1.34 bits per heavy atom. The molecule has 4 aromatic rings. The number of aromatic nitrogens is 2. The van der Waals surface area contributed by atoms with Crippen LogP contribution in [0.4, 0.5) is 0 Å². The lowest BCUT2D eigenvalue weighted by Gasteiger charge is -2.08. The molecule has 148 valence electrons. The lowest BCUT2D eigenvalue weighted by Crippen LogP contribution is -1.91. The highest BCUT2D eigenvalue weighted by Gasteiger charge is 2.13. The van der Waals surface area contributed by atoms with Gasteiger partial charge in [0.15, 0.2) is 21.5 Å². The third-order valence-electron chi connectivity index (χ3n) is 4.33. The van der Waals surface area contributed by atoms with Crippen molar-refractivity contribution in [1.29, 1.82) is 0 Å². The highest BCUT2D eigenvalue weighted by atomic mass is 32.1. The Labute approximate surface area is 177 Å². The predicted molar refractivity (Wildman–Crippen MR) is 118 cm³/mol. The van der Waals surface area contributed by atoms with Gasteiger partial charge < -0.3 is 14.2 Å². The number of hydrogen-bond donors (Lipinski definition) is 0. The fourth-order valence-corrected chi connectivity index (χ4v) is 4.60. The Morgan fingerprint density at radius 1 is 0.759 bits per heavy atom. The van der Waals surface area contributed by atoms with Gasteiger partial charge in [-0.15, -0.1) is 22.7 Å². The Balaban J connectivity index is 1.57. The average molecular weight is 425 g/mol. The van der Waals surface area contributed by atoms with Crippen LogP contribution in [0.3, 0.4) is 0 Å². The molecule has 0 atom stereocenters. The smallest absolute Gasteiger partial charge is 0.161 e. The summed E-state index contributed by atoms with van der Waals surface area (Å²) in [6.45, 7) is 2.64. The van der Waals surface area contributed by atoms with Gasteiger partial charge in [-0.05, 0) is 49.4 Å².